The standard InChI is InChI=1S/C17H26INO/c1-3-11-19-16(10-9-14-7-5-12-20-14)15-8-4-6-13(2)17(15)18/h4,6,8,14,16,19H,3,5,7,9-12H2,1-2H3. The summed E-state index contributed by atoms with van der Waals surface area (Å²) in [6.07, 6.45) is 6.49. The lowest BCUT2D eigenvalue weighted by Crippen LogP contribution is -2.24. The smallest absolute Gasteiger partial charge is 0.0576 e. The third kappa shape index (κ3) is 4.43. The molecule has 20 heavy (non-hydrogen) atoms. The van der Waals surface area contributed by atoms with Gasteiger partial charge in [-0.25, -0.2) is 0 Å². The minimum Gasteiger partial charge on any atom is -0.378 e. The Bertz CT molecular complexity index is 415. The SMILES string of the molecule is CCCNC(CCC1CCCO1)c1cccc(C)c1I. The monoisotopic (exact) mass is 387 g/mol. The van der Waals surface area contributed by atoms with Crippen molar-refractivity contribution in [1.29, 1.82) is 0 Å². The summed E-state index contributed by atoms with van der Waals surface area (Å²) in [7, 11) is 0. The van der Waals surface area contributed by atoms with Crippen LogP contribution in [-0.4, -0.2) is 19.3 Å². The maximum atomic E-state index is 5.77. The van der Waals surface area contributed by atoms with E-state index >= 15 is 0 Å². The Morgan fingerprint density at radius 1 is 1.45 bits per heavy atom. The minimum atomic E-state index is 0.464. The summed E-state index contributed by atoms with van der Waals surface area (Å²) >= 11 is 2.49. The maximum absolute atomic E-state index is 5.77. The van der Waals surface area contributed by atoms with E-state index in [1.807, 2.05) is 0 Å². The Kier molecular flexibility index (Phi) is 6.78. The molecule has 2 rings (SSSR count). The summed E-state index contributed by atoms with van der Waals surface area (Å²) in [5.41, 5.74) is 2.83. The van der Waals surface area contributed by atoms with Crippen molar-refractivity contribution in [3.05, 3.63) is 32.9 Å². The van der Waals surface area contributed by atoms with Crippen molar-refractivity contribution >= 4 is 22.6 Å². The number of ether oxygens (including phenoxy) is 1. The van der Waals surface area contributed by atoms with E-state index in [0.29, 0.717) is 12.1 Å². The fourth-order valence-corrected chi connectivity index (χ4v) is 3.59. The van der Waals surface area contributed by atoms with Gasteiger partial charge in [0.2, 0.25) is 0 Å². The van der Waals surface area contributed by atoms with Crippen LogP contribution >= 0.6 is 22.6 Å². The molecule has 0 bridgehead atoms. The minimum absolute atomic E-state index is 0.464. The Labute approximate surface area is 136 Å². The van der Waals surface area contributed by atoms with Crippen LogP contribution in [-0.2, 0) is 4.74 Å². The Balaban J connectivity index is 2.03. The number of halogens is 1. The van der Waals surface area contributed by atoms with Crippen LogP contribution < -0.4 is 5.32 Å². The molecule has 0 radical (unpaired) electrons. The van der Waals surface area contributed by atoms with Crippen molar-refractivity contribution in [2.24, 2.45) is 0 Å². The second kappa shape index (κ2) is 8.35. The molecule has 1 aliphatic rings. The van der Waals surface area contributed by atoms with Gasteiger partial charge in [-0.2, -0.15) is 0 Å². The molecule has 1 fully saturated rings. The molecule has 1 aromatic carbocycles. The highest BCUT2D eigenvalue weighted by atomic mass is 127. The van der Waals surface area contributed by atoms with Crippen molar-refractivity contribution in [3.63, 3.8) is 0 Å². The van der Waals surface area contributed by atoms with Crippen molar-refractivity contribution in [3.8, 4) is 0 Å². The van der Waals surface area contributed by atoms with Crippen LogP contribution in [0.1, 0.15) is 56.2 Å². The van der Waals surface area contributed by atoms with Gasteiger partial charge in [-0.1, -0.05) is 25.1 Å². The van der Waals surface area contributed by atoms with E-state index in [1.54, 1.807) is 0 Å². The Hall–Kier alpha value is -0.130. The van der Waals surface area contributed by atoms with Gasteiger partial charge >= 0.3 is 0 Å². The lowest BCUT2D eigenvalue weighted by molar-refractivity contribution is 0.0995. The summed E-state index contributed by atoms with van der Waals surface area (Å²) < 4.78 is 7.18. The number of hydrogen-bond donors (Lipinski definition) is 1. The molecule has 0 aromatic heterocycles. The molecule has 2 nitrogen and oxygen atoms in total. The second-order valence-corrected chi connectivity index (χ2v) is 6.78. The van der Waals surface area contributed by atoms with E-state index in [4.69, 9.17) is 4.74 Å². The molecule has 0 aliphatic carbocycles. The predicted octanol–water partition coefficient (Wildman–Crippen LogP) is 4.60. The largest absolute Gasteiger partial charge is 0.378 e. The van der Waals surface area contributed by atoms with Gasteiger partial charge in [-0.3, -0.25) is 0 Å². The van der Waals surface area contributed by atoms with Crippen LogP contribution in [0.4, 0.5) is 0 Å². The van der Waals surface area contributed by atoms with Gasteiger partial charge in [0, 0.05) is 16.2 Å². The molecular formula is C17H26INO. The molecule has 3 heteroatoms. The van der Waals surface area contributed by atoms with Crippen molar-refractivity contribution in [1.82, 2.24) is 5.32 Å². The van der Waals surface area contributed by atoms with E-state index in [-0.39, 0.29) is 0 Å². The average molecular weight is 387 g/mol. The molecule has 0 amide bonds. The zero-order chi connectivity index (χ0) is 14.4. The molecule has 2 unspecified atom stereocenters. The molecule has 1 N–H and O–H groups in total. The normalized spacial score (nSPS) is 20.2. The fraction of sp³-hybridized carbons (Fsp3) is 0.647. The first-order chi connectivity index (χ1) is 9.72. The van der Waals surface area contributed by atoms with Crippen LogP contribution in [0.15, 0.2) is 18.2 Å². The summed E-state index contributed by atoms with van der Waals surface area (Å²) in [6, 6.07) is 7.12. The van der Waals surface area contributed by atoms with Gasteiger partial charge < -0.3 is 10.1 Å². The molecule has 1 aromatic rings. The number of benzene rings is 1. The highest BCUT2D eigenvalue weighted by Gasteiger charge is 2.20. The first kappa shape index (κ1) is 16.2. The molecule has 112 valence electrons. The molecule has 1 aliphatic heterocycles. The van der Waals surface area contributed by atoms with Gasteiger partial charge in [0.15, 0.2) is 0 Å². The average Bonchev–Trinajstić information content (AvgIpc) is 2.96. The highest BCUT2D eigenvalue weighted by Crippen LogP contribution is 2.28. The third-order valence-corrected chi connectivity index (χ3v) is 5.51. The van der Waals surface area contributed by atoms with Crippen LogP contribution in [0.3, 0.4) is 0 Å². The molecule has 0 saturated carbocycles. The van der Waals surface area contributed by atoms with Crippen LogP contribution in [0.2, 0.25) is 0 Å². The van der Waals surface area contributed by atoms with Gasteiger partial charge in [-0.15, -0.1) is 0 Å². The lowest BCUT2D eigenvalue weighted by Gasteiger charge is -2.22. The van der Waals surface area contributed by atoms with E-state index in [9.17, 15) is 0 Å². The fourth-order valence-electron chi connectivity index (χ4n) is 2.85. The van der Waals surface area contributed by atoms with E-state index in [1.165, 1.54) is 46.8 Å². The molecule has 1 heterocycles. The zero-order valence-corrected chi connectivity index (χ0v) is 14.8. The molecule has 1 saturated heterocycles. The Morgan fingerprint density at radius 2 is 2.30 bits per heavy atom. The highest BCUT2D eigenvalue weighted by molar-refractivity contribution is 14.1. The first-order valence-electron chi connectivity index (χ1n) is 7.82. The van der Waals surface area contributed by atoms with E-state index < -0.39 is 0 Å². The first-order valence-corrected chi connectivity index (χ1v) is 8.90. The number of nitrogens with one attached hydrogen (secondary N) is 1. The summed E-state index contributed by atoms with van der Waals surface area (Å²) in [4.78, 5) is 0. The topological polar surface area (TPSA) is 21.3 Å². The number of aryl methyl sites for hydroxylation is 1. The number of hydrogen-bond acceptors (Lipinski definition) is 2. The van der Waals surface area contributed by atoms with Crippen LogP contribution in [0.5, 0.6) is 0 Å². The lowest BCUT2D eigenvalue weighted by atomic mass is 9.98. The second-order valence-electron chi connectivity index (χ2n) is 5.70. The Morgan fingerprint density at radius 3 is 3.00 bits per heavy atom. The van der Waals surface area contributed by atoms with E-state index in [2.05, 4.69) is 60.0 Å². The van der Waals surface area contributed by atoms with Gasteiger partial charge in [-0.05, 0) is 79.3 Å². The quantitative estimate of drug-likeness (QED) is 0.691. The number of rotatable bonds is 7. The predicted molar refractivity (Wildman–Crippen MR) is 93.1 cm³/mol. The summed E-state index contributed by atoms with van der Waals surface area (Å²) in [5, 5.41) is 3.72. The third-order valence-electron chi connectivity index (χ3n) is 4.04. The summed E-state index contributed by atoms with van der Waals surface area (Å²) in [5.74, 6) is 0. The molecule has 0 spiro atoms. The van der Waals surface area contributed by atoms with Gasteiger partial charge in [0.05, 0.1) is 6.10 Å². The van der Waals surface area contributed by atoms with Gasteiger partial charge in [0.1, 0.15) is 0 Å². The van der Waals surface area contributed by atoms with E-state index in [0.717, 1.165) is 13.2 Å². The van der Waals surface area contributed by atoms with Crippen LogP contribution in [0.25, 0.3) is 0 Å². The van der Waals surface area contributed by atoms with Crippen LogP contribution in [0, 0.1) is 10.5 Å². The maximum Gasteiger partial charge on any atom is 0.0576 e. The van der Waals surface area contributed by atoms with Gasteiger partial charge in [0.25, 0.3) is 0 Å². The molecule has 2 atom stereocenters. The zero-order valence-electron chi connectivity index (χ0n) is 12.6. The van der Waals surface area contributed by atoms with Crippen molar-refractivity contribution in [2.45, 2.75) is 58.1 Å². The van der Waals surface area contributed by atoms with Crippen molar-refractivity contribution < 1.29 is 4.74 Å². The van der Waals surface area contributed by atoms with Crippen molar-refractivity contribution in [2.75, 3.05) is 13.2 Å². The summed E-state index contributed by atoms with van der Waals surface area (Å²) in [6.45, 7) is 6.47. The molecular weight excluding hydrogens is 361 g/mol.